The fourth-order valence-electron chi connectivity index (χ4n) is 1.07. The molecule has 0 aliphatic rings. The summed E-state index contributed by atoms with van der Waals surface area (Å²) in [5.41, 5.74) is -0.762. The van der Waals surface area contributed by atoms with Gasteiger partial charge in [0, 0.05) is 12.6 Å². The number of aromatic nitrogens is 1. The van der Waals surface area contributed by atoms with Crippen molar-refractivity contribution in [2.24, 2.45) is 0 Å². The second-order valence-corrected chi connectivity index (χ2v) is 2.77. The van der Waals surface area contributed by atoms with Crippen LogP contribution in [0.3, 0.4) is 0 Å². The molecule has 0 fully saturated rings. The molecule has 0 saturated carbocycles. The molecular weight excluding hydrogens is 211 g/mol. The van der Waals surface area contributed by atoms with Crippen molar-refractivity contribution in [3.8, 4) is 5.88 Å². The standard InChI is InChI=1S/C9H8F3NO2/c1-15-8-7(9(10,11)12)4-6(2-3-14)5-13-8/h3-5H,2H2,1H3. The van der Waals surface area contributed by atoms with Crippen LogP contribution in [0.25, 0.3) is 0 Å². The van der Waals surface area contributed by atoms with Crippen LogP contribution in [0, 0.1) is 0 Å². The highest BCUT2D eigenvalue weighted by molar-refractivity contribution is 5.55. The van der Waals surface area contributed by atoms with Gasteiger partial charge in [0.15, 0.2) is 0 Å². The zero-order valence-electron chi connectivity index (χ0n) is 7.84. The zero-order chi connectivity index (χ0) is 11.5. The minimum atomic E-state index is -4.53. The summed E-state index contributed by atoms with van der Waals surface area (Å²) < 4.78 is 41.8. The minimum absolute atomic E-state index is 0.0971. The van der Waals surface area contributed by atoms with Gasteiger partial charge in [-0.3, -0.25) is 0 Å². The average molecular weight is 219 g/mol. The number of carbonyl (C=O) groups excluding carboxylic acids is 1. The van der Waals surface area contributed by atoms with Crippen molar-refractivity contribution in [1.29, 1.82) is 0 Å². The second-order valence-electron chi connectivity index (χ2n) is 2.77. The van der Waals surface area contributed by atoms with Gasteiger partial charge in [-0.15, -0.1) is 0 Å². The molecule has 0 aliphatic heterocycles. The summed E-state index contributed by atoms with van der Waals surface area (Å²) in [4.78, 5) is 13.6. The zero-order valence-corrected chi connectivity index (χ0v) is 7.84. The van der Waals surface area contributed by atoms with E-state index in [0.717, 1.165) is 13.2 Å². The number of nitrogens with zero attached hydrogens (tertiary/aromatic N) is 1. The van der Waals surface area contributed by atoms with Crippen molar-refractivity contribution < 1.29 is 22.7 Å². The highest BCUT2D eigenvalue weighted by atomic mass is 19.4. The van der Waals surface area contributed by atoms with E-state index in [1.165, 1.54) is 6.20 Å². The van der Waals surface area contributed by atoms with Gasteiger partial charge in [0.25, 0.3) is 0 Å². The Balaban J connectivity index is 3.19. The number of alkyl halides is 3. The summed E-state index contributed by atoms with van der Waals surface area (Å²) in [6.07, 6.45) is -2.93. The Kier molecular flexibility index (Phi) is 3.28. The molecule has 0 radical (unpaired) electrons. The van der Waals surface area contributed by atoms with Crippen molar-refractivity contribution in [2.75, 3.05) is 7.11 Å². The van der Waals surface area contributed by atoms with Crippen LogP contribution < -0.4 is 4.74 Å². The summed E-state index contributed by atoms with van der Waals surface area (Å²) >= 11 is 0. The van der Waals surface area contributed by atoms with E-state index in [1.54, 1.807) is 0 Å². The Morgan fingerprint density at radius 3 is 2.67 bits per heavy atom. The van der Waals surface area contributed by atoms with E-state index in [0.29, 0.717) is 6.29 Å². The average Bonchev–Trinajstić information content (AvgIpc) is 2.17. The van der Waals surface area contributed by atoms with Gasteiger partial charge in [-0.25, -0.2) is 4.98 Å². The molecule has 0 aliphatic carbocycles. The molecule has 15 heavy (non-hydrogen) atoms. The predicted octanol–water partition coefficient (Wildman–Crippen LogP) is 1.85. The minimum Gasteiger partial charge on any atom is -0.481 e. The van der Waals surface area contributed by atoms with Crippen LogP contribution in [0.1, 0.15) is 11.1 Å². The predicted molar refractivity (Wildman–Crippen MR) is 45.6 cm³/mol. The Bertz CT molecular complexity index is 363. The van der Waals surface area contributed by atoms with Gasteiger partial charge >= 0.3 is 6.18 Å². The fraction of sp³-hybridized carbons (Fsp3) is 0.333. The number of hydrogen-bond donors (Lipinski definition) is 0. The molecule has 0 unspecified atom stereocenters. The lowest BCUT2D eigenvalue weighted by atomic mass is 10.1. The van der Waals surface area contributed by atoms with Crippen LogP contribution in [0.15, 0.2) is 12.3 Å². The topological polar surface area (TPSA) is 39.2 Å². The third-order valence-corrected chi connectivity index (χ3v) is 1.73. The summed E-state index contributed by atoms with van der Waals surface area (Å²) in [5.74, 6) is -0.489. The lowest BCUT2D eigenvalue weighted by molar-refractivity contribution is -0.139. The van der Waals surface area contributed by atoms with Gasteiger partial charge in [0.2, 0.25) is 5.88 Å². The molecule has 3 nitrogen and oxygen atoms in total. The molecule has 0 saturated heterocycles. The molecule has 1 heterocycles. The smallest absolute Gasteiger partial charge is 0.421 e. The number of methoxy groups -OCH3 is 1. The van der Waals surface area contributed by atoms with Gasteiger partial charge in [0.1, 0.15) is 11.8 Å². The number of aldehydes is 1. The van der Waals surface area contributed by atoms with Crippen molar-refractivity contribution in [2.45, 2.75) is 12.6 Å². The summed E-state index contributed by atoms with van der Waals surface area (Å²) in [5, 5.41) is 0. The monoisotopic (exact) mass is 219 g/mol. The van der Waals surface area contributed by atoms with E-state index in [1.807, 2.05) is 0 Å². The molecule has 1 rings (SSSR count). The number of hydrogen-bond acceptors (Lipinski definition) is 3. The van der Waals surface area contributed by atoms with Crippen molar-refractivity contribution in [1.82, 2.24) is 4.98 Å². The molecule has 0 N–H and O–H groups in total. The van der Waals surface area contributed by atoms with Crippen LogP contribution in [-0.4, -0.2) is 18.4 Å². The SMILES string of the molecule is COc1ncc(CC=O)cc1C(F)(F)F. The van der Waals surface area contributed by atoms with Crippen LogP contribution >= 0.6 is 0 Å². The van der Waals surface area contributed by atoms with Crippen LogP contribution in [0.2, 0.25) is 0 Å². The first-order valence-electron chi connectivity index (χ1n) is 4.02. The van der Waals surface area contributed by atoms with Gasteiger partial charge in [-0.1, -0.05) is 0 Å². The van der Waals surface area contributed by atoms with Gasteiger partial charge in [0.05, 0.1) is 7.11 Å². The first-order chi connectivity index (χ1) is 6.99. The quantitative estimate of drug-likeness (QED) is 0.728. The largest absolute Gasteiger partial charge is 0.481 e. The highest BCUT2D eigenvalue weighted by Gasteiger charge is 2.35. The third-order valence-electron chi connectivity index (χ3n) is 1.73. The van der Waals surface area contributed by atoms with Crippen LogP contribution in [0.4, 0.5) is 13.2 Å². The van der Waals surface area contributed by atoms with Gasteiger partial charge in [-0.2, -0.15) is 13.2 Å². The van der Waals surface area contributed by atoms with E-state index in [-0.39, 0.29) is 12.0 Å². The van der Waals surface area contributed by atoms with E-state index in [9.17, 15) is 18.0 Å². The molecule has 0 atom stereocenters. The summed E-state index contributed by atoms with van der Waals surface area (Å²) in [6.45, 7) is 0. The highest BCUT2D eigenvalue weighted by Crippen LogP contribution is 2.35. The number of rotatable bonds is 3. The molecular formula is C9H8F3NO2. The van der Waals surface area contributed by atoms with E-state index >= 15 is 0 Å². The molecule has 1 aromatic rings. The molecule has 0 aromatic carbocycles. The Hall–Kier alpha value is -1.59. The van der Waals surface area contributed by atoms with Crippen LogP contribution in [-0.2, 0) is 17.4 Å². The maximum absolute atomic E-state index is 12.4. The van der Waals surface area contributed by atoms with E-state index in [4.69, 9.17) is 0 Å². The summed E-state index contributed by atoms with van der Waals surface area (Å²) in [7, 11) is 1.11. The second kappa shape index (κ2) is 4.29. The lowest BCUT2D eigenvalue weighted by Crippen LogP contribution is -2.09. The first-order valence-corrected chi connectivity index (χ1v) is 4.02. The number of halogens is 3. The van der Waals surface area contributed by atoms with Crippen molar-refractivity contribution >= 4 is 6.29 Å². The molecule has 6 heteroatoms. The van der Waals surface area contributed by atoms with Crippen LogP contribution in [0.5, 0.6) is 5.88 Å². The summed E-state index contributed by atoms with van der Waals surface area (Å²) in [6, 6.07) is 0.861. The Morgan fingerprint density at radius 2 is 2.20 bits per heavy atom. The maximum atomic E-state index is 12.4. The number of ether oxygens (including phenoxy) is 1. The van der Waals surface area contributed by atoms with E-state index < -0.39 is 17.6 Å². The maximum Gasteiger partial charge on any atom is 0.421 e. The molecule has 82 valence electrons. The van der Waals surface area contributed by atoms with Gasteiger partial charge in [-0.05, 0) is 11.6 Å². The molecule has 0 spiro atoms. The van der Waals surface area contributed by atoms with E-state index in [2.05, 4.69) is 9.72 Å². The van der Waals surface area contributed by atoms with Gasteiger partial charge < -0.3 is 9.53 Å². The first kappa shape index (κ1) is 11.5. The lowest BCUT2D eigenvalue weighted by Gasteiger charge is -2.11. The molecule has 0 amide bonds. The van der Waals surface area contributed by atoms with Crippen molar-refractivity contribution in [3.63, 3.8) is 0 Å². The fourth-order valence-corrected chi connectivity index (χ4v) is 1.07. The Morgan fingerprint density at radius 1 is 1.53 bits per heavy atom. The Labute approximate surface area is 83.9 Å². The van der Waals surface area contributed by atoms with Crippen molar-refractivity contribution in [3.05, 3.63) is 23.4 Å². The molecule has 1 aromatic heterocycles. The third kappa shape index (κ3) is 2.68. The normalized spacial score (nSPS) is 11.2. The number of carbonyl (C=O) groups is 1. The molecule has 0 bridgehead atoms. The number of pyridine rings is 1.